The molecule has 13 heteroatoms. The third kappa shape index (κ3) is 4.39. The largest absolute Gasteiger partial charge is 0.497 e. The highest BCUT2D eigenvalue weighted by atomic mass is 32.2. The standard InChI is InChI=1S/C30H33N3O9S/c1-18(34)33-23-7-5-4-6-19(23)17-30-12-13-32(43(38,39)21-10-8-20(40-2)9-11-21)26(30)25(22(16-24(30)33)28(36)41-3)27(35)31-14-15-42-29(31)37/h4-11,22,24-26H,12-17H2,1-3H3/t22-,24-,25+,26-,30-/m0/s1. The van der Waals surface area contributed by atoms with Crippen LogP contribution >= 0.6 is 0 Å². The van der Waals surface area contributed by atoms with Crippen LogP contribution in [-0.2, 0) is 40.3 Å². The van der Waals surface area contributed by atoms with Gasteiger partial charge in [-0.25, -0.2) is 18.1 Å². The normalized spacial score (nSPS) is 28.4. The highest BCUT2D eigenvalue weighted by Gasteiger charge is 2.68. The summed E-state index contributed by atoms with van der Waals surface area (Å²) in [6.07, 6.45) is -0.0734. The van der Waals surface area contributed by atoms with Gasteiger partial charge in [-0.15, -0.1) is 0 Å². The zero-order valence-electron chi connectivity index (χ0n) is 24.1. The van der Waals surface area contributed by atoms with Crippen molar-refractivity contribution in [3.8, 4) is 5.75 Å². The topological polar surface area (TPSA) is 140 Å². The maximum absolute atomic E-state index is 14.4. The van der Waals surface area contributed by atoms with Gasteiger partial charge in [0.15, 0.2) is 0 Å². The molecule has 0 aromatic heterocycles. The van der Waals surface area contributed by atoms with Crippen LogP contribution in [0.15, 0.2) is 53.4 Å². The molecule has 0 N–H and O–H groups in total. The number of ether oxygens (including phenoxy) is 3. The van der Waals surface area contributed by atoms with Gasteiger partial charge in [0.25, 0.3) is 0 Å². The Morgan fingerprint density at radius 1 is 1.02 bits per heavy atom. The number of amides is 3. The van der Waals surface area contributed by atoms with E-state index >= 15 is 0 Å². The SMILES string of the molecule is COC(=O)[C@H]1C[C@@H]2N(C(C)=O)c3ccccc3C[C@@]23CCN(S(=O)(=O)c2ccc(OC)cc2)[C@H]3[C@@H]1C(=O)N1CCOC1=O. The third-order valence-corrected chi connectivity index (χ3v) is 11.4. The van der Waals surface area contributed by atoms with E-state index in [-0.39, 0.29) is 36.9 Å². The zero-order valence-corrected chi connectivity index (χ0v) is 24.9. The molecular weight excluding hydrogens is 578 g/mol. The molecule has 3 aliphatic heterocycles. The zero-order chi connectivity index (χ0) is 30.7. The molecule has 3 amide bonds. The van der Waals surface area contributed by atoms with E-state index in [0.29, 0.717) is 24.3 Å². The second kappa shape index (κ2) is 10.6. The van der Waals surface area contributed by atoms with Crippen molar-refractivity contribution in [3.05, 3.63) is 54.1 Å². The maximum atomic E-state index is 14.4. The van der Waals surface area contributed by atoms with E-state index in [4.69, 9.17) is 14.2 Å². The molecule has 1 aliphatic carbocycles. The molecule has 0 bridgehead atoms. The van der Waals surface area contributed by atoms with E-state index in [0.717, 1.165) is 10.5 Å². The van der Waals surface area contributed by atoms with Gasteiger partial charge in [-0.2, -0.15) is 4.31 Å². The average Bonchev–Trinajstić information content (AvgIpc) is 3.61. The maximum Gasteiger partial charge on any atom is 0.416 e. The lowest BCUT2D eigenvalue weighted by Crippen LogP contribution is -2.69. The molecule has 6 rings (SSSR count). The number of benzene rings is 2. The first-order valence-electron chi connectivity index (χ1n) is 14.1. The Kier molecular flexibility index (Phi) is 7.20. The molecule has 4 aliphatic rings. The van der Waals surface area contributed by atoms with Crippen LogP contribution in [-0.4, -0.2) is 87.5 Å². The number of nitrogens with zero attached hydrogens (tertiary/aromatic N) is 3. The Balaban J connectivity index is 1.57. The number of para-hydroxylation sites is 1. The van der Waals surface area contributed by atoms with Crippen LogP contribution in [0.1, 0.15) is 25.3 Å². The highest BCUT2D eigenvalue weighted by molar-refractivity contribution is 7.89. The summed E-state index contributed by atoms with van der Waals surface area (Å²) in [4.78, 5) is 56.3. The van der Waals surface area contributed by atoms with Crippen LogP contribution < -0.4 is 9.64 Å². The van der Waals surface area contributed by atoms with Crippen molar-refractivity contribution in [2.24, 2.45) is 17.3 Å². The van der Waals surface area contributed by atoms with Gasteiger partial charge in [0.1, 0.15) is 12.4 Å². The number of esters is 1. The molecule has 3 heterocycles. The summed E-state index contributed by atoms with van der Waals surface area (Å²) in [6.45, 7) is 1.47. The summed E-state index contributed by atoms with van der Waals surface area (Å²) in [7, 11) is -1.55. The van der Waals surface area contributed by atoms with Gasteiger partial charge in [0, 0.05) is 36.7 Å². The van der Waals surface area contributed by atoms with Crippen molar-refractivity contribution >= 4 is 39.6 Å². The van der Waals surface area contributed by atoms with Gasteiger partial charge in [-0.3, -0.25) is 14.4 Å². The predicted octanol–water partition coefficient (Wildman–Crippen LogP) is 2.21. The lowest BCUT2D eigenvalue weighted by atomic mass is 9.55. The number of cyclic esters (lactones) is 1. The molecule has 228 valence electrons. The number of hydrogen-bond acceptors (Lipinski definition) is 9. The van der Waals surface area contributed by atoms with Crippen molar-refractivity contribution in [2.75, 3.05) is 38.8 Å². The summed E-state index contributed by atoms with van der Waals surface area (Å²) in [5, 5.41) is 0. The summed E-state index contributed by atoms with van der Waals surface area (Å²) in [6, 6.07) is 11.7. The Morgan fingerprint density at radius 3 is 2.37 bits per heavy atom. The van der Waals surface area contributed by atoms with Crippen molar-refractivity contribution < 1.29 is 41.8 Å². The molecule has 0 unspecified atom stereocenters. The van der Waals surface area contributed by atoms with Crippen LogP contribution in [0.25, 0.3) is 0 Å². The summed E-state index contributed by atoms with van der Waals surface area (Å²) < 4.78 is 45.5. The lowest BCUT2D eigenvalue weighted by molar-refractivity contribution is -0.160. The Morgan fingerprint density at radius 2 is 1.74 bits per heavy atom. The number of fused-ring (bicyclic) bond motifs is 1. The van der Waals surface area contributed by atoms with Crippen LogP contribution in [0, 0.1) is 17.3 Å². The van der Waals surface area contributed by atoms with E-state index in [1.165, 1.54) is 49.7 Å². The molecule has 5 atom stereocenters. The van der Waals surface area contributed by atoms with E-state index in [2.05, 4.69) is 0 Å². The Hall–Kier alpha value is -3.97. The van der Waals surface area contributed by atoms with Gasteiger partial charge >= 0.3 is 12.1 Å². The number of anilines is 1. The van der Waals surface area contributed by atoms with Gasteiger partial charge in [-0.1, -0.05) is 18.2 Å². The second-order valence-electron chi connectivity index (χ2n) is 11.4. The number of hydrogen-bond donors (Lipinski definition) is 0. The number of imide groups is 1. The predicted molar refractivity (Wildman–Crippen MR) is 151 cm³/mol. The first-order valence-corrected chi connectivity index (χ1v) is 15.6. The Bertz CT molecular complexity index is 1590. The van der Waals surface area contributed by atoms with Gasteiger partial charge in [-0.05, 0) is 55.2 Å². The summed E-state index contributed by atoms with van der Waals surface area (Å²) >= 11 is 0. The van der Waals surface area contributed by atoms with E-state index in [1.54, 1.807) is 4.90 Å². The molecule has 1 spiro atoms. The molecular formula is C30H33N3O9S. The van der Waals surface area contributed by atoms with E-state index in [9.17, 15) is 27.6 Å². The number of methoxy groups -OCH3 is 2. The molecule has 12 nitrogen and oxygen atoms in total. The van der Waals surface area contributed by atoms with Crippen LogP contribution in [0.3, 0.4) is 0 Å². The van der Waals surface area contributed by atoms with Crippen molar-refractivity contribution in [1.29, 1.82) is 0 Å². The number of carbonyl (C=O) groups is 4. The fourth-order valence-corrected chi connectivity index (χ4v) is 9.46. The minimum Gasteiger partial charge on any atom is -0.497 e. The van der Waals surface area contributed by atoms with Gasteiger partial charge in [0.05, 0.1) is 37.5 Å². The minimum absolute atomic E-state index is 0.00201. The summed E-state index contributed by atoms with van der Waals surface area (Å²) in [5.74, 6) is -3.58. The molecule has 1 saturated carbocycles. The van der Waals surface area contributed by atoms with E-state index in [1.807, 2.05) is 24.3 Å². The van der Waals surface area contributed by atoms with E-state index < -0.39 is 57.3 Å². The first-order chi connectivity index (χ1) is 20.5. The quantitative estimate of drug-likeness (QED) is 0.466. The monoisotopic (exact) mass is 611 g/mol. The van der Waals surface area contributed by atoms with Gasteiger partial charge in [0.2, 0.25) is 21.8 Å². The van der Waals surface area contributed by atoms with Crippen molar-refractivity contribution in [1.82, 2.24) is 9.21 Å². The van der Waals surface area contributed by atoms with Crippen LogP contribution in [0.2, 0.25) is 0 Å². The second-order valence-corrected chi connectivity index (χ2v) is 13.3. The molecule has 43 heavy (non-hydrogen) atoms. The minimum atomic E-state index is -4.23. The van der Waals surface area contributed by atoms with Crippen LogP contribution in [0.5, 0.6) is 5.75 Å². The highest BCUT2D eigenvalue weighted by Crippen LogP contribution is 2.59. The number of sulfonamides is 1. The fourth-order valence-electron chi connectivity index (χ4n) is 7.74. The van der Waals surface area contributed by atoms with Crippen molar-refractivity contribution in [3.63, 3.8) is 0 Å². The molecule has 2 saturated heterocycles. The molecule has 0 radical (unpaired) electrons. The molecule has 2 aromatic carbocycles. The third-order valence-electron chi connectivity index (χ3n) is 9.52. The first kappa shape index (κ1) is 29.1. The summed E-state index contributed by atoms with van der Waals surface area (Å²) in [5.41, 5.74) is 0.594. The lowest BCUT2D eigenvalue weighted by Gasteiger charge is -2.58. The smallest absolute Gasteiger partial charge is 0.416 e. The number of rotatable bonds is 5. The Labute approximate surface area is 249 Å². The fraction of sp³-hybridized carbons (Fsp3) is 0.467. The van der Waals surface area contributed by atoms with Crippen molar-refractivity contribution in [2.45, 2.75) is 43.2 Å². The average molecular weight is 612 g/mol. The number of carbonyl (C=O) groups excluding carboxylic acids is 4. The molecule has 2 aromatic rings. The van der Waals surface area contributed by atoms with Gasteiger partial charge < -0.3 is 19.1 Å². The molecule has 3 fully saturated rings. The van der Waals surface area contributed by atoms with Crippen LogP contribution in [0.4, 0.5) is 10.5 Å².